The number of likely N-dealkylation sites (N-methyl/N-ethyl adjacent to an activating group) is 1. The number of nitrogens with one attached hydrogen (secondary N) is 1. The molecule has 0 bridgehead atoms. The van der Waals surface area contributed by atoms with Crippen LogP contribution in [0.3, 0.4) is 0 Å². The van der Waals surface area contributed by atoms with E-state index in [1.54, 1.807) is 0 Å². The van der Waals surface area contributed by atoms with Crippen LogP contribution in [-0.4, -0.2) is 17.7 Å². The van der Waals surface area contributed by atoms with E-state index in [4.69, 9.17) is 0 Å². The molecule has 2 aromatic rings. The van der Waals surface area contributed by atoms with Crippen LogP contribution in [0, 0.1) is 0 Å². The zero-order valence-corrected chi connectivity index (χ0v) is 13.8. The molecule has 2 rings (SSSR count). The first kappa shape index (κ1) is 17.7. The van der Waals surface area contributed by atoms with Gasteiger partial charge in [0.05, 0.1) is 6.54 Å². The molecule has 21 heavy (non-hydrogen) atoms. The van der Waals surface area contributed by atoms with Crippen molar-refractivity contribution in [2.75, 3.05) is 7.05 Å². The summed E-state index contributed by atoms with van der Waals surface area (Å²) in [5.74, 6) is 0. The zero-order valence-electron chi connectivity index (χ0n) is 13.0. The highest BCUT2D eigenvalue weighted by molar-refractivity contribution is 5.15. The Bertz CT molecular complexity index is 496. The van der Waals surface area contributed by atoms with Gasteiger partial charge in [-0.2, -0.15) is 0 Å². The van der Waals surface area contributed by atoms with Crippen molar-refractivity contribution in [3.63, 3.8) is 0 Å². The second kappa shape index (κ2) is 9.59. The van der Waals surface area contributed by atoms with E-state index in [9.17, 15) is 0 Å². The summed E-state index contributed by atoms with van der Waals surface area (Å²) in [6, 6.07) is 11.1. The van der Waals surface area contributed by atoms with Crippen LogP contribution in [0.2, 0.25) is 0 Å². The number of benzene rings is 1. The summed E-state index contributed by atoms with van der Waals surface area (Å²) in [5.41, 5.74) is 1.39. The number of nitrogens with zero attached hydrogens (tertiary/aromatic N) is 2. The summed E-state index contributed by atoms with van der Waals surface area (Å²) in [5, 5.41) is 3.42. The smallest absolute Gasteiger partial charge is 0.243 e. The monoisotopic (exact) mass is 307 g/mol. The fraction of sp³-hybridized carbons (Fsp3) is 0.471. The van der Waals surface area contributed by atoms with Crippen LogP contribution >= 0.6 is 0 Å². The second-order valence-electron chi connectivity index (χ2n) is 5.38. The van der Waals surface area contributed by atoms with E-state index in [-0.39, 0.29) is 12.4 Å². The molecule has 0 radical (unpaired) electrons. The third kappa shape index (κ3) is 5.90. The highest BCUT2D eigenvalue weighted by atomic mass is 35.5. The maximum absolute atomic E-state index is 3.42. The third-order valence-electron chi connectivity index (χ3n) is 3.68. The molecule has 0 fully saturated rings. The van der Waals surface area contributed by atoms with Crippen molar-refractivity contribution in [2.45, 2.75) is 45.3 Å². The molecule has 1 aromatic heterocycles. The van der Waals surface area contributed by atoms with Crippen molar-refractivity contribution >= 4 is 0 Å². The quantitative estimate of drug-likeness (QED) is 0.647. The Balaban J connectivity index is 0.00000220. The number of hydrogen-bond donors (Lipinski definition) is 1. The lowest BCUT2D eigenvalue weighted by Gasteiger charge is -2.13. The van der Waals surface area contributed by atoms with E-state index >= 15 is 0 Å². The Morgan fingerprint density at radius 3 is 2.67 bits per heavy atom. The van der Waals surface area contributed by atoms with Crippen LogP contribution in [0.5, 0.6) is 0 Å². The number of imidazole rings is 1. The minimum atomic E-state index is 0. The lowest BCUT2D eigenvalue weighted by atomic mass is 10.1. The van der Waals surface area contributed by atoms with E-state index in [1.165, 1.54) is 18.4 Å². The van der Waals surface area contributed by atoms with Gasteiger partial charge in [-0.1, -0.05) is 43.7 Å². The standard InChI is InChI=1S/C17H26N3.ClH/c1-3-4-10-19-11-12-20(15-19)14-17(18-2)13-16-8-6-5-7-9-16;/h5-9,11-12,15,17-18H,3-4,10,13-14H2,1-2H3;1H/q+1;/p-1/t17-;/m0./s1. The van der Waals surface area contributed by atoms with Crippen LogP contribution in [0.4, 0.5) is 0 Å². The van der Waals surface area contributed by atoms with Gasteiger partial charge < -0.3 is 17.7 Å². The van der Waals surface area contributed by atoms with E-state index < -0.39 is 0 Å². The predicted molar refractivity (Wildman–Crippen MR) is 82.5 cm³/mol. The Labute approximate surface area is 134 Å². The number of hydrogen-bond acceptors (Lipinski definition) is 1. The van der Waals surface area contributed by atoms with Crippen molar-refractivity contribution < 1.29 is 17.0 Å². The fourth-order valence-corrected chi connectivity index (χ4v) is 2.43. The number of aromatic nitrogens is 2. The van der Waals surface area contributed by atoms with Crippen molar-refractivity contribution in [1.29, 1.82) is 0 Å². The average Bonchev–Trinajstić information content (AvgIpc) is 2.93. The van der Waals surface area contributed by atoms with Crippen molar-refractivity contribution in [3.05, 3.63) is 54.6 Å². The van der Waals surface area contributed by atoms with E-state index in [2.05, 4.69) is 70.4 Å². The Morgan fingerprint density at radius 1 is 1.24 bits per heavy atom. The second-order valence-corrected chi connectivity index (χ2v) is 5.38. The molecule has 116 valence electrons. The van der Waals surface area contributed by atoms with Crippen molar-refractivity contribution in [3.8, 4) is 0 Å². The number of unbranched alkanes of at least 4 members (excludes halogenated alkanes) is 1. The normalized spacial score (nSPS) is 11.9. The zero-order chi connectivity index (χ0) is 14.2. The molecule has 0 amide bonds. The predicted octanol–water partition coefficient (Wildman–Crippen LogP) is -0.590. The molecule has 0 aliphatic heterocycles. The molecule has 0 saturated carbocycles. The van der Waals surface area contributed by atoms with Crippen LogP contribution in [0.1, 0.15) is 25.3 Å². The molecular weight excluding hydrogens is 282 g/mol. The van der Waals surface area contributed by atoms with Gasteiger partial charge in [0, 0.05) is 6.04 Å². The average molecular weight is 308 g/mol. The fourth-order valence-electron chi connectivity index (χ4n) is 2.43. The molecule has 4 heteroatoms. The van der Waals surface area contributed by atoms with Gasteiger partial charge in [0.15, 0.2) is 0 Å². The summed E-state index contributed by atoms with van der Waals surface area (Å²) in [4.78, 5) is 0. The molecule has 1 aromatic carbocycles. The van der Waals surface area contributed by atoms with Crippen LogP contribution in [0.15, 0.2) is 49.1 Å². The van der Waals surface area contributed by atoms with Crippen molar-refractivity contribution in [2.24, 2.45) is 0 Å². The molecule has 0 unspecified atom stereocenters. The lowest BCUT2D eigenvalue weighted by molar-refractivity contribution is -0.698. The van der Waals surface area contributed by atoms with Gasteiger partial charge in [-0.05, 0) is 25.5 Å². The van der Waals surface area contributed by atoms with Gasteiger partial charge in [-0.3, -0.25) is 0 Å². The molecule has 1 atom stereocenters. The van der Waals surface area contributed by atoms with Gasteiger partial charge in [0.1, 0.15) is 18.9 Å². The van der Waals surface area contributed by atoms with E-state index in [0.717, 1.165) is 19.5 Å². The molecule has 0 saturated heterocycles. The number of halogens is 1. The maximum Gasteiger partial charge on any atom is 0.243 e. The molecule has 0 aliphatic carbocycles. The molecule has 0 aliphatic rings. The third-order valence-corrected chi connectivity index (χ3v) is 3.68. The molecule has 3 nitrogen and oxygen atoms in total. The maximum atomic E-state index is 3.42. The van der Waals surface area contributed by atoms with E-state index in [1.807, 2.05) is 7.05 Å². The molecule has 1 N–H and O–H groups in total. The summed E-state index contributed by atoms with van der Waals surface area (Å²) in [6.45, 7) is 4.35. The van der Waals surface area contributed by atoms with Crippen LogP contribution in [-0.2, 0) is 19.5 Å². The summed E-state index contributed by atoms with van der Waals surface area (Å²) in [7, 11) is 2.04. The van der Waals surface area contributed by atoms with Crippen LogP contribution in [0.25, 0.3) is 0 Å². The highest BCUT2D eigenvalue weighted by Crippen LogP contribution is 2.03. The minimum absolute atomic E-state index is 0. The Kier molecular flexibility index (Phi) is 8.09. The SMILES string of the molecule is CCCCn1cc[n+](C[C@H](Cc2ccccc2)NC)c1.[Cl-]. The van der Waals surface area contributed by atoms with Gasteiger partial charge >= 0.3 is 0 Å². The topological polar surface area (TPSA) is 20.8 Å². The van der Waals surface area contributed by atoms with Gasteiger partial charge in [0.25, 0.3) is 0 Å². The molecule has 0 spiro atoms. The molecule has 1 heterocycles. The largest absolute Gasteiger partial charge is 1.00 e. The summed E-state index contributed by atoms with van der Waals surface area (Å²) in [6.07, 6.45) is 10.1. The minimum Gasteiger partial charge on any atom is -1.00 e. The summed E-state index contributed by atoms with van der Waals surface area (Å²) >= 11 is 0. The lowest BCUT2D eigenvalue weighted by Crippen LogP contribution is -3.00. The van der Waals surface area contributed by atoms with Crippen molar-refractivity contribution in [1.82, 2.24) is 9.88 Å². The molecular formula is C17H26ClN3. The van der Waals surface area contributed by atoms with Gasteiger partial charge in [-0.25, -0.2) is 9.13 Å². The summed E-state index contributed by atoms with van der Waals surface area (Å²) < 4.78 is 4.55. The van der Waals surface area contributed by atoms with Crippen LogP contribution < -0.4 is 22.3 Å². The Hall–Kier alpha value is -1.32. The highest BCUT2D eigenvalue weighted by Gasteiger charge is 2.12. The first-order valence-electron chi connectivity index (χ1n) is 7.58. The Morgan fingerprint density at radius 2 is 2.00 bits per heavy atom. The number of rotatable bonds is 8. The van der Waals surface area contributed by atoms with E-state index in [0.29, 0.717) is 6.04 Å². The number of aryl methyl sites for hydroxylation is 1. The first-order valence-corrected chi connectivity index (χ1v) is 7.58. The van der Waals surface area contributed by atoms with Gasteiger partial charge in [-0.15, -0.1) is 0 Å². The van der Waals surface area contributed by atoms with Gasteiger partial charge in [0.2, 0.25) is 6.33 Å². The first-order chi connectivity index (χ1) is 9.81.